The summed E-state index contributed by atoms with van der Waals surface area (Å²) >= 11 is 0. The van der Waals surface area contributed by atoms with Crippen LogP contribution in [0.4, 0.5) is 0 Å². The first-order valence-electron chi connectivity index (χ1n) is 7.86. The Bertz CT molecular complexity index is 490. The van der Waals surface area contributed by atoms with Crippen LogP contribution in [-0.2, 0) is 0 Å². The highest BCUT2D eigenvalue weighted by atomic mass is 14.8. The Morgan fingerprint density at radius 3 is 2.19 bits per heavy atom. The second-order valence-electron chi connectivity index (χ2n) is 6.95. The predicted molar refractivity (Wildman–Crippen MR) is 94.4 cm³/mol. The van der Waals surface area contributed by atoms with Gasteiger partial charge in [-0.05, 0) is 24.0 Å². The summed E-state index contributed by atoms with van der Waals surface area (Å²) in [5, 5.41) is 0. The van der Waals surface area contributed by atoms with Crippen molar-refractivity contribution >= 4 is 11.4 Å². The van der Waals surface area contributed by atoms with Gasteiger partial charge in [0.25, 0.3) is 0 Å². The maximum Gasteiger partial charge on any atom is 0.0523 e. The zero-order chi connectivity index (χ0) is 16.0. The number of hydrogen-bond donors (Lipinski definition) is 1. The van der Waals surface area contributed by atoms with E-state index in [1.54, 1.807) is 0 Å². The molecule has 0 radical (unpaired) electrons. The summed E-state index contributed by atoms with van der Waals surface area (Å²) in [7, 11) is 0. The Morgan fingerprint density at radius 2 is 1.76 bits per heavy atom. The molecule has 0 aliphatic carbocycles. The molecule has 0 aliphatic heterocycles. The normalized spacial score (nSPS) is 15.4. The van der Waals surface area contributed by atoms with Gasteiger partial charge < -0.3 is 5.73 Å². The lowest BCUT2D eigenvalue weighted by Gasteiger charge is -2.24. The van der Waals surface area contributed by atoms with Crippen molar-refractivity contribution in [3.63, 3.8) is 0 Å². The van der Waals surface area contributed by atoms with Crippen molar-refractivity contribution in [3.05, 3.63) is 42.0 Å². The number of hydrogen-bond acceptors (Lipinski definition) is 2. The quantitative estimate of drug-likeness (QED) is 0.767. The van der Waals surface area contributed by atoms with Crippen LogP contribution >= 0.6 is 0 Å². The van der Waals surface area contributed by atoms with E-state index in [9.17, 15) is 0 Å². The van der Waals surface area contributed by atoms with Crippen molar-refractivity contribution in [3.8, 4) is 0 Å². The summed E-state index contributed by atoms with van der Waals surface area (Å²) < 4.78 is 0. The molecule has 1 atom stereocenters. The van der Waals surface area contributed by atoms with Gasteiger partial charge in [-0.25, -0.2) is 0 Å². The van der Waals surface area contributed by atoms with Crippen molar-refractivity contribution in [1.29, 1.82) is 0 Å². The van der Waals surface area contributed by atoms with E-state index in [0.29, 0.717) is 12.0 Å². The van der Waals surface area contributed by atoms with Crippen LogP contribution < -0.4 is 5.73 Å². The number of aliphatic imine (C=N–C) groups is 1. The monoisotopic (exact) mass is 286 g/mol. The van der Waals surface area contributed by atoms with E-state index in [2.05, 4.69) is 41.5 Å². The van der Waals surface area contributed by atoms with E-state index >= 15 is 0 Å². The summed E-state index contributed by atoms with van der Waals surface area (Å²) in [6, 6.07) is 10.4. The van der Waals surface area contributed by atoms with Gasteiger partial charge in [0.15, 0.2) is 0 Å². The zero-order valence-corrected chi connectivity index (χ0v) is 14.4. The highest BCUT2D eigenvalue weighted by molar-refractivity contribution is 6.03. The number of allylic oxidation sites excluding steroid dienone is 1. The number of benzene rings is 1. The molecule has 0 saturated heterocycles. The summed E-state index contributed by atoms with van der Waals surface area (Å²) in [5.74, 6) is 0.540. The first-order valence-corrected chi connectivity index (χ1v) is 7.86. The summed E-state index contributed by atoms with van der Waals surface area (Å²) in [6.45, 7) is 13.2. The minimum Gasteiger partial charge on any atom is -0.398 e. The van der Waals surface area contributed by atoms with Crippen LogP contribution in [0.3, 0.4) is 0 Å². The lowest BCUT2D eigenvalue weighted by atomic mass is 9.88. The molecule has 116 valence electrons. The molecule has 2 nitrogen and oxygen atoms in total. The number of nitrogens with zero attached hydrogens (tertiary/aromatic N) is 1. The molecule has 0 bridgehead atoms. The fraction of sp³-hybridized carbons (Fsp3) is 0.526. The van der Waals surface area contributed by atoms with Crippen molar-refractivity contribution in [2.75, 3.05) is 0 Å². The molecule has 0 saturated carbocycles. The molecule has 0 amide bonds. The SMILES string of the molecule is CCC(N=C(/C=C(\N)c1ccccc1)C(C)(C)C)C(C)C. The van der Waals surface area contributed by atoms with E-state index in [-0.39, 0.29) is 5.41 Å². The van der Waals surface area contributed by atoms with Gasteiger partial charge in [-0.2, -0.15) is 0 Å². The molecule has 0 fully saturated rings. The maximum atomic E-state index is 6.27. The Morgan fingerprint density at radius 1 is 1.19 bits per heavy atom. The van der Waals surface area contributed by atoms with Gasteiger partial charge in [-0.1, -0.05) is 71.9 Å². The van der Waals surface area contributed by atoms with Gasteiger partial charge in [-0.3, -0.25) is 4.99 Å². The van der Waals surface area contributed by atoms with E-state index in [1.165, 1.54) is 0 Å². The van der Waals surface area contributed by atoms with Crippen LogP contribution in [0.15, 0.2) is 41.4 Å². The topological polar surface area (TPSA) is 38.4 Å². The molecule has 2 heteroatoms. The molecule has 1 rings (SSSR count). The van der Waals surface area contributed by atoms with Gasteiger partial charge in [0.2, 0.25) is 0 Å². The first kappa shape index (κ1) is 17.5. The van der Waals surface area contributed by atoms with Crippen molar-refractivity contribution in [2.45, 2.75) is 54.0 Å². The third-order valence-corrected chi connectivity index (χ3v) is 3.66. The predicted octanol–water partition coefficient (Wildman–Crippen LogP) is 4.91. The standard InChI is InChI=1S/C19H30N2/c1-7-17(14(2)3)21-18(19(4,5)6)13-16(20)15-11-9-8-10-12-15/h8-14,17H,7,20H2,1-6H3/b16-13-,21-18?. The first-order chi connectivity index (χ1) is 9.75. The smallest absolute Gasteiger partial charge is 0.0523 e. The van der Waals surface area contributed by atoms with Crippen LogP contribution in [0.1, 0.15) is 53.5 Å². The van der Waals surface area contributed by atoms with Crippen molar-refractivity contribution in [2.24, 2.45) is 22.1 Å². The van der Waals surface area contributed by atoms with E-state index in [0.717, 1.165) is 23.4 Å². The van der Waals surface area contributed by atoms with Gasteiger partial charge in [0, 0.05) is 16.8 Å². The van der Waals surface area contributed by atoms with Crippen LogP contribution in [-0.4, -0.2) is 11.8 Å². The fourth-order valence-corrected chi connectivity index (χ4v) is 2.20. The molecule has 0 spiro atoms. The second-order valence-corrected chi connectivity index (χ2v) is 6.95. The van der Waals surface area contributed by atoms with Gasteiger partial charge in [0.1, 0.15) is 0 Å². The average Bonchev–Trinajstić information content (AvgIpc) is 2.42. The van der Waals surface area contributed by atoms with E-state index < -0.39 is 0 Å². The van der Waals surface area contributed by atoms with Crippen LogP contribution in [0.2, 0.25) is 0 Å². The summed E-state index contributed by atoms with van der Waals surface area (Å²) in [5.41, 5.74) is 9.16. The Hall–Kier alpha value is -1.57. The molecule has 0 aliphatic rings. The number of nitrogens with two attached hydrogens (primary N) is 1. The molecule has 0 heterocycles. The fourth-order valence-electron chi connectivity index (χ4n) is 2.20. The van der Waals surface area contributed by atoms with Gasteiger partial charge >= 0.3 is 0 Å². The van der Waals surface area contributed by atoms with Crippen molar-refractivity contribution in [1.82, 2.24) is 0 Å². The van der Waals surface area contributed by atoms with E-state index in [1.807, 2.05) is 36.4 Å². The van der Waals surface area contributed by atoms with Gasteiger partial charge in [0.05, 0.1) is 6.04 Å². The second kappa shape index (κ2) is 7.44. The highest BCUT2D eigenvalue weighted by Crippen LogP contribution is 2.23. The number of rotatable bonds is 5. The molecule has 0 aromatic heterocycles. The Kier molecular flexibility index (Phi) is 6.19. The van der Waals surface area contributed by atoms with Crippen LogP contribution in [0.25, 0.3) is 5.70 Å². The lowest BCUT2D eigenvalue weighted by Crippen LogP contribution is -2.24. The molecule has 2 N–H and O–H groups in total. The lowest BCUT2D eigenvalue weighted by molar-refractivity contribution is 0.474. The molecule has 1 aromatic carbocycles. The molecule has 1 aromatic rings. The summed E-state index contributed by atoms with van der Waals surface area (Å²) in [6.07, 6.45) is 3.09. The Balaban J connectivity index is 3.19. The Labute approximate surface area is 130 Å². The third-order valence-electron chi connectivity index (χ3n) is 3.66. The summed E-state index contributed by atoms with van der Waals surface area (Å²) in [4.78, 5) is 4.99. The van der Waals surface area contributed by atoms with Crippen LogP contribution in [0, 0.1) is 11.3 Å². The average molecular weight is 286 g/mol. The maximum absolute atomic E-state index is 6.27. The largest absolute Gasteiger partial charge is 0.398 e. The van der Waals surface area contributed by atoms with Crippen LogP contribution in [0.5, 0.6) is 0 Å². The molecule has 1 unspecified atom stereocenters. The zero-order valence-electron chi connectivity index (χ0n) is 14.4. The third kappa shape index (κ3) is 5.37. The molecular weight excluding hydrogens is 256 g/mol. The minimum atomic E-state index is -0.0122. The minimum absolute atomic E-state index is 0.0122. The molecular formula is C19H30N2. The van der Waals surface area contributed by atoms with Gasteiger partial charge in [-0.15, -0.1) is 0 Å². The van der Waals surface area contributed by atoms with Crippen molar-refractivity contribution < 1.29 is 0 Å². The van der Waals surface area contributed by atoms with E-state index in [4.69, 9.17) is 10.7 Å². The molecule has 21 heavy (non-hydrogen) atoms. The highest BCUT2D eigenvalue weighted by Gasteiger charge is 2.20.